The summed E-state index contributed by atoms with van der Waals surface area (Å²) in [5.41, 5.74) is 0.410. The lowest BCUT2D eigenvalue weighted by atomic mass is 10.3. The van der Waals surface area contributed by atoms with Crippen LogP contribution in [0.4, 0.5) is 5.69 Å². The van der Waals surface area contributed by atoms with Gasteiger partial charge in [-0.15, -0.1) is 5.26 Å². The van der Waals surface area contributed by atoms with Crippen molar-refractivity contribution in [2.75, 3.05) is 13.2 Å². The van der Waals surface area contributed by atoms with E-state index in [0.29, 0.717) is 22.9 Å². The van der Waals surface area contributed by atoms with Crippen LogP contribution in [0, 0.1) is 11.5 Å². The zero-order valence-electron chi connectivity index (χ0n) is 17.3. The van der Waals surface area contributed by atoms with Crippen molar-refractivity contribution < 1.29 is 38.1 Å². The molecule has 0 aliphatic heterocycles. The van der Waals surface area contributed by atoms with Crippen LogP contribution in [0.1, 0.15) is 13.8 Å². The smallest absolute Gasteiger partial charge is 0.347 e. The van der Waals surface area contributed by atoms with Gasteiger partial charge in [0.15, 0.2) is 12.2 Å². The van der Waals surface area contributed by atoms with Gasteiger partial charge in [0.05, 0.1) is 5.69 Å². The van der Waals surface area contributed by atoms with Gasteiger partial charge in [0.1, 0.15) is 30.5 Å². The number of hydrogen-bond donors (Lipinski definition) is 0. The van der Waals surface area contributed by atoms with Gasteiger partial charge in [-0.3, -0.25) is 0 Å². The Morgan fingerprint density at radius 1 is 0.844 bits per heavy atom. The van der Waals surface area contributed by atoms with E-state index in [2.05, 4.69) is 9.73 Å². The number of carbonyl (C=O) groups is 2. The van der Waals surface area contributed by atoms with Crippen LogP contribution in [-0.4, -0.2) is 43.4 Å². The fourth-order valence-corrected chi connectivity index (χ4v) is 2.31. The number of benzene rings is 2. The van der Waals surface area contributed by atoms with Crippen molar-refractivity contribution in [3.8, 4) is 23.5 Å². The largest absolute Gasteiger partial charge is 0.479 e. The van der Waals surface area contributed by atoms with Gasteiger partial charge in [0.2, 0.25) is 6.08 Å². The van der Waals surface area contributed by atoms with Gasteiger partial charge in [-0.05, 0) is 62.4 Å². The monoisotopic (exact) mass is 440 g/mol. The minimum absolute atomic E-state index is 0.154. The Kier molecular flexibility index (Phi) is 9.25. The topological polar surface area (TPSA) is 134 Å². The molecule has 10 nitrogen and oxygen atoms in total. The molecule has 2 rings (SSSR count). The molecule has 0 aromatic heterocycles. The summed E-state index contributed by atoms with van der Waals surface area (Å²) in [4.78, 5) is 37.7. The van der Waals surface area contributed by atoms with E-state index in [9.17, 15) is 14.4 Å². The fraction of sp³-hybridized carbons (Fsp3) is 0.273. The number of nitriles is 1. The first-order valence-electron chi connectivity index (χ1n) is 9.43. The summed E-state index contributed by atoms with van der Waals surface area (Å²) < 4.78 is 25.6. The second-order valence-corrected chi connectivity index (χ2v) is 6.22. The van der Waals surface area contributed by atoms with Crippen molar-refractivity contribution in [3.63, 3.8) is 0 Å². The molecule has 166 valence electrons. The van der Waals surface area contributed by atoms with E-state index in [1.54, 1.807) is 30.5 Å². The lowest BCUT2D eigenvalue weighted by Gasteiger charge is -2.15. The maximum absolute atomic E-state index is 12.0. The highest BCUT2D eigenvalue weighted by Crippen LogP contribution is 2.19. The van der Waals surface area contributed by atoms with Crippen LogP contribution in [0.25, 0.3) is 0 Å². The number of isocyanates is 1. The molecule has 0 spiro atoms. The molecule has 10 heteroatoms. The first-order chi connectivity index (χ1) is 15.4. The zero-order valence-corrected chi connectivity index (χ0v) is 17.3. The standard InChI is InChI=1S/C22H20N2O8/c1-15(31-19-5-3-17(4-6-19)24-14-25)21(26)28-11-12-29-22(27)16(2)32-20-9-7-18(8-10-20)30-13-23/h3-10,15-16H,11-12H2,1-2H3. The van der Waals surface area contributed by atoms with Crippen LogP contribution in [0.5, 0.6) is 17.2 Å². The second kappa shape index (κ2) is 12.4. The highest BCUT2D eigenvalue weighted by Gasteiger charge is 2.19. The summed E-state index contributed by atoms with van der Waals surface area (Å²) in [5, 5.41) is 8.45. The fourth-order valence-electron chi connectivity index (χ4n) is 2.31. The highest BCUT2D eigenvalue weighted by molar-refractivity contribution is 5.75. The molecule has 0 saturated carbocycles. The number of carbonyl (C=O) groups excluding carboxylic acids is 3. The summed E-state index contributed by atoms with van der Waals surface area (Å²) >= 11 is 0. The number of esters is 2. The maximum Gasteiger partial charge on any atom is 0.347 e. The summed E-state index contributed by atoms with van der Waals surface area (Å²) in [6.07, 6.45) is 1.17. The molecule has 2 aromatic carbocycles. The van der Waals surface area contributed by atoms with Crippen molar-refractivity contribution in [2.24, 2.45) is 4.99 Å². The molecule has 32 heavy (non-hydrogen) atoms. The molecule has 0 radical (unpaired) electrons. The average molecular weight is 440 g/mol. The van der Waals surface area contributed by atoms with Gasteiger partial charge in [-0.2, -0.15) is 4.99 Å². The SMILES string of the molecule is CC(Oc1ccc(N=C=O)cc1)C(=O)OCCOC(=O)C(C)Oc1ccc(OC#N)cc1. The van der Waals surface area contributed by atoms with E-state index >= 15 is 0 Å². The second-order valence-electron chi connectivity index (χ2n) is 6.22. The number of ether oxygens (including phenoxy) is 5. The quantitative estimate of drug-likeness (QED) is 0.170. The van der Waals surface area contributed by atoms with Gasteiger partial charge in [0.25, 0.3) is 6.26 Å². The maximum atomic E-state index is 12.0. The van der Waals surface area contributed by atoms with Crippen molar-refractivity contribution in [1.82, 2.24) is 0 Å². The first-order valence-corrected chi connectivity index (χ1v) is 9.43. The molecule has 0 bridgehead atoms. The van der Waals surface area contributed by atoms with E-state index in [1.165, 1.54) is 44.2 Å². The summed E-state index contributed by atoms with van der Waals surface area (Å²) in [5.74, 6) is -0.146. The Bertz CT molecular complexity index is 992. The predicted octanol–water partition coefficient (Wildman–Crippen LogP) is 2.83. The molecule has 0 aliphatic rings. The third-order valence-corrected chi connectivity index (χ3v) is 3.86. The Morgan fingerprint density at radius 2 is 1.28 bits per heavy atom. The van der Waals surface area contributed by atoms with Crippen molar-refractivity contribution >= 4 is 23.7 Å². The van der Waals surface area contributed by atoms with Gasteiger partial charge in [-0.25, -0.2) is 14.4 Å². The summed E-state index contributed by atoms with van der Waals surface area (Å²) in [6, 6.07) is 12.3. The molecule has 2 unspecified atom stereocenters. The third kappa shape index (κ3) is 7.82. The van der Waals surface area contributed by atoms with Gasteiger partial charge in [0, 0.05) is 0 Å². The Morgan fingerprint density at radius 3 is 1.72 bits per heavy atom. The van der Waals surface area contributed by atoms with Crippen LogP contribution in [0.15, 0.2) is 53.5 Å². The van der Waals surface area contributed by atoms with Crippen LogP contribution >= 0.6 is 0 Å². The Hall–Kier alpha value is -4.35. The predicted molar refractivity (Wildman–Crippen MR) is 109 cm³/mol. The van der Waals surface area contributed by atoms with Crippen LogP contribution in [0.3, 0.4) is 0 Å². The average Bonchev–Trinajstić information content (AvgIpc) is 2.79. The zero-order chi connectivity index (χ0) is 23.3. The Labute approximate surface area is 183 Å². The minimum atomic E-state index is -0.902. The molecule has 2 atom stereocenters. The van der Waals surface area contributed by atoms with E-state index in [4.69, 9.17) is 24.2 Å². The molecule has 0 heterocycles. The molecule has 0 aliphatic carbocycles. The Balaban J connectivity index is 1.68. The van der Waals surface area contributed by atoms with Crippen molar-refractivity contribution in [2.45, 2.75) is 26.1 Å². The summed E-state index contributed by atoms with van der Waals surface area (Å²) in [7, 11) is 0. The van der Waals surface area contributed by atoms with Gasteiger partial charge >= 0.3 is 11.9 Å². The molecule has 0 saturated heterocycles. The number of aliphatic imine (C=N–C) groups is 1. The molecular formula is C22H20N2O8. The minimum Gasteiger partial charge on any atom is -0.479 e. The normalized spacial score (nSPS) is 11.7. The van der Waals surface area contributed by atoms with Crippen molar-refractivity contribution in [3.05, 3.63) is 48.5 Å². The van der Waals surface area contributed by atoms with Crippen LogP contribution < -0.4 is 14.2 Å². The number of nitrogens with zero attached hydrogens (tertiary/aromatic N) is 2. The van der Waals surface area contributed by atoms with Gasteiger partial charge < -0.3 is 23.7 Å². The van der Waals surface area contributed by atoms with E-state index in [-0.39, 0.29) is 13.2 Å². The lowest BCUT2D eigenvalue weighted by molar-refractivity contribution is -0.159. The number of rotatable bonds is 11. The molecule has 2 aromatic rings. The van der Waals surface area contributed by atoms with E-state index in [0.717, 1.165) is 0 Å². The van der Waals surface area contributed by atoms with E-state index < -0.39 is 24.1 Å². The van der Waals surface area contributed by atoms with Crippen molar-refractivity contribution in [1.29, 1.82) is 5.26 Å². The first kappa shape index (κ1) is 23.9. The van der Waals surface area contributed by atoms with Crippen LogP contribution in [-0.2, 0) is 23.9 Å². The molecular weight excluding hydrogens is 420 g/mol. The van der Waals surface area contributed by atoms with Crippen LogP contribution in [0.2, 0.25) is 0 Å². The molecule has 0 fully saturated rings. The number of hydrogen-bond acceptors (Lipinski definition) is 10. The molecule has 0 amide bonds. The lowest BCUT2D eigenvalue weighted by Crippen LogP contribution is -2.29. The third-order valence-electron chi connectivity index (χ3n) is 3.86. The van der Waals surface area contributed by atoms with Gasteiger partial charge in [-0.1, -0.05) is 0 Å². The van der Waals surface area contributed by atoms with E-state index in [1.807, 2.05) is 0 Å². The highest BCUT2D eigenvalue weighted by atomic mass is 16.6. The molecule has 0 N–H and O–H groups in total. The summed E-state index contributed by atoms with van der Waals surface area (Å²) in [6.45, 7) is 2.71.